The number of hydrogen-bond donors (Lipinski definition) is 1. The van der Waals surface area contributed by atoms with Crippen molar-refractivity contribution in [1.82, 2.24) is 0 Å². The molecule has 1 aromatic rings. The van der Waals surface area contributed by atoms with Gasteiger partial charge < -0.3 is 15.2 Å². The average molecular weight is 370 g/mol. The Bertz CT molecular complexity index is 488. The zero-order valence-corrected chi connectivity index (χ0v) is 12.8. The van der Waals surface area contributed by atoms with Gasteiger partial charge in [0.25, 0.3) is 6.36 Å². The van der Waals surface area contributed by atoms with Crippen LogP contribution in [0, 0.1) is 0 Å². The van der Waals surface area contributed by atoms with Gasteiger partial charge in [-0.05, 0) is 40.5 Å². The first-order chi connectivity index (χ1) is 9.85. The summed E-state index contributed by atoms with van der Waals surface area (Å²) < 4.78 is 46.5. The summed E-state index contributed by atoms with van der Waals surface area (Å²) in [5, 5.41) is 0. The van der Waals surface area contributed by atoms with Crippen molar-refractivity contribution in [2.24, 2.45) is 5.73 Å². The molecular formula is C13H15BrF3NO3. The van der Waals surface area contributed by atoms with Crippen LogP contribution in [0.25, 0.3) is 0 Å². The van der Waals surface area contributed by atoms with E-state index in [1.54, 1.807) is 6.92 Å². The summed E-state index contributed by atoms with van der Waals surface area (Å²) in [4.78, 5) is 11.3. The number of halogens is 4. The molecule has 0 heterocycles. The summed E-state index contributed by atoms with van der Waals surface area (Å²) >= 11 is 3.08. The van der Waals surface area contributed by atoms with E-state index in [0.717, 1.165) is 0 Å². The summed E-state index contributed by atoms with van der Waals surface area (Å²) in [6.07, 6.45) is -5.97. The van der Waals surface area contributed by atoms with Crippen LogP contribution in [0.5, 0.6) is 5.75 Å². The molecule has 0 aliphatic carbocycles. The number of esters is 1. The zero-order chi connectivity index (χ0) is 16.0. The Morgan fingerprint density at radius 3 is 2.57 bits per heavy atom. The van der Waals surface area contributed by atoms with Crippen molar-refractivity contribution in [3.05, 3.63) is 28.2 Å². The van der Waals surface area contributed by atoms with E-state index < -0.39 is 24.8 Å². The molecule has 0 aliphatic heterocycles. The van der Waals surface area contributed by atoms with Crippen molar-refractivity contribution in [2.75, 3.05) is 6.61 Å². The van der Waals surface area contributed by atoms with Gasteiger partial charge in [0, 0.05) is 6.04 Å². The third-order valence-electron chi connectivity index (χ3n) is 2.51. The SMILES string of the molecule is CCOC(=O)CC(N)c1ccc(OC(F)C(F)F)c(Br)c1. The van der Waals surface area contributed by atoms with E-state index in [0.29, 0.717) is 5.56 Å². The molecule has 0 radical (unpaired) electrons. The maximum absolute atomic E-state index is 12.8. The predicted molar refractivity (Wildman–Crippen MR) is 73.8 cm³/mol. The summed E-state index contributed by atoms with van der Waals surface area (Å²) in [5.41, 5.74) is 6.40. The first-order valence-corrected chi connectivity index (χ1v) is 6.94. The summed E-state index contributed by atoms with van der Waals surface area (Å²) in [6.45, 7) is 1.94. The van der Waals surface area contributed by atoms with Crippen molar-refractivity contribution in [2.45, 2.75) is 32.2 Å². The van der Waals surface area contributed by atoms with Gasteiger partial charge in [-0.3, -0.25) is 4.79 Å². The lowest BCUT2D eigenvalue weighted by molar-refractivity contribution is -0.143. The van der Waals surface area contributed by atoms with Crippen LogP contribution in [0.1, 0.15) is 24.9 Å². The minimum atomic E-state index is -3.23. The van der Waals surface area contributed by atoms with Crippen molar-refractivity contribution in [3.8, 4) is 5.75 Å². The molecule has 21 heavy (non-hydrogen) atoms. The monoisotopic (exact) mass is 369 g/mol. The van der Waals surface area contributed by atoms with Crippen molar-refractivity contribution >= 4 is 21.9 Å². The fourth-order valence-corrected chi connectivity index (χ4v) is 2.02. The molecule has 0 aromatic heterocycles. The molecule has 0 bridgehead atoms. The second-order valence-electron chi connectivity index (χ2n) is 4.11. The number of nitrogens with two attached hydrogens (primary N) is 1. The molecule has 0 saturated heterocycles. The van der Waals surface area contributed by atoms with E-state index in [1.807, 2.05) is 0 Å². The highest BCUT2D eigenvalue weighted by molar-refractivity contribution is 9.10. The molecule has 4 nitrogen and oxygen atoms in total. The van der Waals surface area contributed by atoms with E-state index in [9.17, 15) is 18.0 Å². The van der Waals surface area contributed by atoms with Gasteiger partial charge in [-0.2, -0.15) is 4.39 Å². The molecule has 0 saturated carbocycles. The lowest BCUT2D eigenvalue weighted by Gasteiger charge is -2.15. The summed E-state index contributed by atoms with van der Waals surface area (Å²) in [6, 6.07) is 3.64. The lowest BCUT2D eigenvalue weighted by atomic mass is 10.0. The van der Waals surface area contributed by atoms with Crippen LogP contribution in [0.15, 0.2) is 22.7 Å². The van der Waals surface area contributed by atoms with Crippen LogP contribution in [0.3, 0.4) is 0 Å². The molecule has 0 fully saturated rings. The highest BCUT2D eigenvalue weighted by atomic mass is 79.9. The molecule has 2 N–H and O–H groups in total. The third kappa shape index (κ3) is 5.55. The number of rotatable bonds is 7. The molecule has 8 heteroatoms. The van der Waals surface area contributed by atoms with Gasteiger partial charge in [0.05, 0.1) is 17.5 Å². The van der Waals surface area contributed by atoms with Crippen LogP contribution in [-0.4, -0.2) is 25.4 Å². The molecule has 0 spiro atoms. The Labute approximate surface area is 128 Å². The fourth-order valence-electron chi connectivity index (χ4n) is 1.53. The number of benzene rings is 1. The van der Waals surface area contributed by atoms with E-state index in [2.05, 4.69) is 20.7 Å². The number of carbonyl (C=O) groups is 1. The van der Waals surface area contributed by atoms with Gasteiger partial charge in [-0.1, -0.05) is 6.07 Å². The first-order valence-electron chi connectivity index (χ1n) is 6.14. The minimum Gasteiger partial charge on any atom is -0.466 e. The molecule has 0 aliphatic rings. The molecule has 0 amide bonds. The Morgan fingerprint density at radius 1 is 1.38 bits per heavy atom. The third-order valence-corrected chi connectivity index (χ3v) is 3.13. The van der Waals surface area contributed by atoms with E-state index >= 15 is 0 Å². The maximum atomic E-state index is 12.8. The largest absolute Gasteiger partial charge is 0.466 e. The van der Waals surface area contributed by atoms with Crippen molar-refractivity contribution in [3.63, 3.8) is 0 Å². The number of ether oxygens (including phenoxy) is 2. The van der Waals surface area contributed by atoms with Gasteiger partial charge in [0.15, 0.2) is 0 Å². The zero-order valence-electron chi connectivity index (χ0n) is 11.2. The predicted octanol–water partition coefficient (Wildman–Crippen LogP) is 3.34. The highest BCUT2D eigenvalue weighted by Gasteiger charge is 2.22. The molecular weight excluding hydrogens is 355 g/mol. The average Bonchev–Trinajstić information content (AvgIpc) is 2.40. The Hall–Kier alpha value is -1.28. The maximum Gasteiger partial charge on any atom is 0.307 e. The normalized spacial score (nSPS) is 13.9. The van der Waals surface area contributed by atoms with Gasteiger partial charge in [-0.15, -0.1) is 0 Å². The van der Waals surface area contributed by atoms with Gasteiger partial charge in [0.1, 0.15) is 5.75 Å². The number of carbonyl (C=O) groups excluding carboxylic acids is 1. The molecule has 2 unspecified atom stereocenters. The quantitative estimate of drug-likeness (QED) is 0.748. The highest BCUT2D eigenvalue weighted by Crippen LogP contribution is 2.30. The van der Waals surface area contributed by atoms with Crippen LogP contribution in [0.4, 0.5) is 13.2 Å². The first kappa shape index (κ1) is 17.8. The van der Waals surface area contributed by atoms with Crippen molar-refractivity contribution < 1.29 is 27.4 Å². The van der Waals surface area contributed by atoms with Gasteiger partial charge in [0.2, 0.25) is 0 Å². The second-order valence-corrected chi connectivity index (χ2v) is 4.96. The Kier molecular flexibility index (Phi) is 6.97. The Balaban J connectivity index is 2.75. The van der Waals surface area contributed by atoms with Crippen LogP contribution >= 0.6 is 15.9 Å². The van der Waals surface area contributed by atoms with E-state index in [4.69, 9.17) is 10.5 Å². The summed E-state index contributed by atoms with van der Waals surface area (Å²) in [5.74, 6) is -0.516. The second kappa shape index (κ2) is 8.23. The van der Waals surface area contributed by atoms with Gasteiger partial charge in [-0.25, -0.2) is 8.78 Å². The topological polar surface area (TPSA) is 61.5 Å². The number of alkyl halides is 3. The minimum absolute atomic E-state index is 0.0245. The standard InChI is InChI=1S/C13H15BrF3NO3/c1-2-20-11(19)6-9(18)7-3-4-10(8(14)5-7)21-13(17)12(15)16/h3-5,9,12-13H,2,6,18H2,1H3. The molecule has 1 rings (SSSR count). The smallest absolute Gasteiger partial charge is 0.307 e. The van der Waals surface area contributed by atoms with E-state index in [1.165, 1.54) is 18.2 Å². The molecule has 1 aromatic carbocycles. The Morgan fingerprint density at radius 2 is 2.05 bits per heavy atom. The van der Waals surface area contributed by atoms with Crippen molar-refractivity contribution in [1.29, 1.82) is 0 Å². The summed E-state index contributed by atoms with van der Waals surface area (Å²) in [7, 11) is 0. The van der Waals surface area contributed by atoms with Crippen LogP contribution in [0.2, 0.25) is 0 Å². The molecule has 118 valence electrons. The van der Waals surface area contributed by atoms with Crippen LogP contribution < -0.4 is 10.5 Å². The lowest BCUT2D eigenvalue weighted by Crippen LogP contribution is -2.20. The van der Waals surface area contributed by atoms with Gasteiger partial charge >= 0.3 is 12.4 Å². The number of hydrogen-bond acceptors (Lipinski definition) is 4. The molecule has 2 atom stereocenters. The fraction of sp³-hybridized carbons (Fsp3) is 0.462. The van der Waals surface area contributed by atoms with E-state index in [-0.39, 0.29) is 23.2 Å². The van der Waals surface area contributed by atoms with Crippen LogP contribution in [-0.2, 0) is 9.53 Å².